The minimum Gasteiger partial charge on any atom is -0.326 e. The summed E-state index contributed by atoms with van der Waals surface area (Å²) >= 11 is 5.91. The van der Waals surface area contributed by atoms with Gasteiger partial charge in [0.25, 0.3) is 0 Å². The van der Waals surface area contributed by atoms with Crippen molar-refractivity contribution in [2.45, 2.75) is 24.7 Å². The number of halogens is 1. The lowest BCUT2D eigenvalue weighted by Gasteiger charge is -2.08. The molecular weight excluding hydrogens is 334 g/mol. The van der Waals surface area contributed by atoms with E-state index in [-0.39, 0.29) is 28.0 Å². The number of hydrogen-bond acceptors (Lipinski definition) is 3. The Balaban J connectivity index is 2.00. The fraction of sp³-hybridized carbons (Fsp3) is 0.235. The van der Waals surface area contributed by atoms with Crippen LogP contribution in [0.5, 0.6) is 0 Å². The molecule has 0 saturated heterocycles. The predicted molar refractivity (Wildman–Crippen MR) is 92.6 cm³/mol. The van der Waals surface area contributed by atoms with Crippen LogP contribution in [0, 0.1) is 0 Å². The molecule has 2 aromatic rings. The molecule has 0 aliphatic carbocycles. The summed E-state index contributed by atoms with van der Waals surface area (Å²) < 4.78 is 24.5. The van der Waals surface area contributed by atoms with Gasteiger partial charge in [-0.05, 0) is 36.2 Å². The third-order valence-corrected chi connectivity index (χ3v) is 5.60. The van der Waals surface area contributed by atoms with Crippen molar-refractivity contribution in [3.05, 3.63) is 59.1 Å². The van der Waals surface area contributed by atoms with Crippen molar-refractivity contribution in [2.75, 3.05) is 11.1 Å². The molecule has 0 spiro atoms. The van der Waals surface area contributed by atoms with Crippen molar-refractivity contribution in [3.63, 3.8) is 0 Å². The van der Waals surface area contributed by atoms with Crippen molar-refractivity contribution >= 4 is 33.0 Å². The highest BCUT2D eigenvalue weighted by molar-refractivity contribution is 7.91. The Morgan fingerprint density at radius 1 is 1.13 bits per heavy atom. The minimum atomic E-state index is -3.58. The second-order valence-corrected chi connectivity index (χ2v) is 7.59. The number of benzene rings is 2. The zero-order valence-corrected chi connectivity index (χ0v) is 14.3. The Labute approximate surface area is 141 Å². The third kappa shape index (κ3) is 4.81. The van der Waals surface area contributed by atoms with Gasteiger partial charge in [-0.1, -0.05) is 42.8 Å². The second kappa shape index (κ2) is 7.62. The number of anilines is 1. The molecule has 0 aromatic heterocycles. The quantitative estimate of drug-likeness (QED) is 0.863. The molecule has 0 aliphatic rings. The molecule has 0 heterocycles. The number of amides is 1. The Hall–Kier alpha value is -1.85. The van der Waals surface area contributed by atoms with E-state index in [0.29, 0.717) is 5.69 Å². The van der Waals surface area contributed by atoms with Crippen LogP contribution in [-0.4, -0.2) is 20.1 Å². The van der Waals surface area contributed by atoms with Crippen LogP contribution in [-0.2, 0) is 21.1 Å². The van der Waals surface area contributed by atoms with E-state index in [0.717, 1.165) is 12.0 Å². The van der Waals surface area contributed by atoms with Crippen LogP contribution in [0.4, 0.5) is 5.69 Å². The van der Waals surface area contributed by atoms with Gasteiger partial charge < -0.3 is 5.32 Å². The van der Waals surface area contributed by atoms with Gasteiger partial charge in [0.1, 0.15) is 0 Å². The van der Waals surface area contributed by atoms with Gasteiger partial charge in [-0.25, -0.2) is 8.42 Å². The largest absolute Gasteiger partial charge is 0.326 e. The lowest BCUT2D eigenvalue weighted by molar-refractivity contribution is -0.115. The van der Waals surface area contributed by atoms with Gasteiger partial charge in [0.2, 0.25) is 5.91 Å². The highest BCUT2D eigenvalue weighted by Crippen LogP contribution is 2.22. The zero-order chi connectivity index (χ0) is 16.9. The van der Waals surface area contributed by atoms with Gasteiger partial charge in [-0.3, -0.25) is 4.79 Å². The molecule has 0 bridgehead atoms. The van der Waals surface area contributed by atoms with Gasteiger partial charge in [0.15, 0.2) is 9.84 Å². The summed E-state index contributed by atoms with van der Waals surface area (Å²) in [7, 11) is -3.58. The summed E-state index contributed by atoms with van der Waals surface area (Å²) in [6, 6.07) is 13.7. The first-order valence-electron chi connectivity index (χ1n) is 7.28. The van der Waals surface area contributed by atoms with Crippen molar-refractivity contribution < 1.29 is 13.2 Å². The van der Waals surface area contributed by atoms with Crippen molar-refractivity contribution in [3.8, 4) is 0 Å². The Morgan fingerprint density at radius 2 is 1.87 bits per heavy atom. The molecule has 1 N–H and O–H groups in total. The highest BCUT2D eigenvalue weighted by atomic mass is 35.5. The summed E-state index contributed by atoms with van der Waals surface area (Å²) in [5.41, 5.74) is 1.77. The zero-order valence-electron chi connectivity index (χ0n) is 12.8. The standard InChI is InChI=1S/C17H18ClNO3S/c1-2-13-6-5-7-14(12-13)19-17(20)10-11-23(21,22)16-9-4-3-8-15(16)18/h3-9,12H,2,10-11H2,1H3,(H,19,20). The molecule has 23 heavy (non-hydrogen) atoms. The van der Waals surface area contributed by atoms with Gasteiger partial charge in [0, 0.05) is 12.1 Å². The smallest absolute Gasteiger partial charge is 0.225 e. The lowest BCUT2D eigenvalue weighted by Crippen LogP contribution is -2.17. The fourth-order valence-corrected chi connectivity index (χ4v) is 3.94. The van der Waals surface area contributed by atoms with Gasteiger partial charge in [-0.15, -0.1) is 0 Å². The van der Waals surface area contributed by atoms with E-state index in [2.05, 4.69) is 5.32 Å². The van der Waals surface area contributed by atoms with Gasteiger partial charge in [-0.2, -0.15) is 0 Å². The van der Waals surface area contributed by atoms with Crippen LogP contribution in [0.3, 0.4) is 0 Å². The molecule has 122 valence electrons. The van der Waals surface area contributed by atoms with Gasteiger partial charge >= 0.3 is 0 Å². The fourth-order valence-electron chi connectivity index (χ4n) is 2.13. The van der Waals surface area contributed by atoms with E-state index in [1.54, 1.807) is 18.2 Å². The molecule has 2 aromatic carbocycles. The summed E-state index contributed by atoms with van der Waals surface area (Å²) in [5.74, 6) is -0.621. The Morgan fingerprint density at radius 3 is 2.57 bits per heavy atom. The van der Waals surface area contributed by atoms with Crippen molar-refractivity contribution in [1.29, 1.82) is 0 Å². The topological polar surface area (TPSA) is 63.2 Å². The normalized spacial score (nSPS) is 11.2. The van der Waals surface area contributed by atoms with Crippen LogP contribution in [0.25, 0.3) is 0 Å². The van der Waals surface area contributed by atoms with E-state index in [1.165, 1.54) is 12.1 Å². The van der Waals surface area contributed by atoms with E-state index in [1.807, 2.05) is 25.1 Å². The van der Waals surface area contributed by atoms with Gasteiger partial charge in [0.05, 0.1) is 15.7 Å². The maximum absolute atomic E-state index is 12.2. The lowest BCUT2D eigenvalue weighted by atomic mass is 10.1. The van der Waals surface area contributed by atoms with Crippen LogP contribution in [0.1, 0.15) is 18.9 Å². The Bertz CT molecular complexity index is 803. The number of hydrogen-bond donors (Lipinski definition) is 1. The molecule has 0 unspecified atom stereocenters. The molecule has 0 aliphatic heterocycles. The van der Waals surface area contributed by atoms with E-state index >= 15 is 0 Å². The summed E-state index contributed by atoms with van der Waals surface area (Å²) in [4.78, 5) is 12.0. The van der Waals surface area contributed by atoms with Crippen LogP contribution in [0.2, 0.25) is 5.02 Å². The van der Waals surface area contributed by atoms with Crippen molar-refractivity contribution in [2.24, 2.45) is 0 Å². The number of rotatable bonds is 6. The van der Waals surface area contributed by atoms with E-state index in [4.69, 9.17) is 11.6 Å². The Kier molecular flexibility index (Phi) is 5.80. The average Bonchev–Trinajstić information content (AvgIpc) is 2.53. The van der Waals surface area contributed by atoms with Crippen molar-refractivity contribution in [1.82, 2.24) is 0 Å². The average molecular weight is 352 g/mol. The molecule has 1 amide bonds. The van der Waals surface area contributed by atoms with E-state index < -0.39 is 9.84 Å². The summed E-state index contributed by atoms with van der Waals surface area (Å²) in [5, 5.41) is 2.89. The first kappa shape index (κ1) is 17.5. The predicted octanol–water partition coefficient (Wildman–Crippen LogP) is 3.70. The number of aryl methyl sites for hydroxylation is 1. The summed E-state index contributed by atoms with van der Waals surface area (Å²) in [6.45, 7) is 2.02. The van der Waals surface area contributed by atoms with Crippen LogP contribution in [0.15, 0.2) is 53.4 Å². The molecular formula is C17H18ClNO3S. The minimum absolute atomic E-state index is 0.0578. The molecule has 0 atom stereocenters. The van der Waals surface area contributed by atoms with Crippen LogP contribution >= 0.6 is 11.6 Å². The maximum atomic E-state index is 12.2. The van der Waals surface area contributed by atoms with E-state index in [9.17, 15) is 13.2 Å². The molecule has 0 fully saturated rings. The molecule has 6 heteroatoms. The number of carbonyl (C=O) groups excluding carboxylic acids is 1. The first-order valence-corrected chi connectivity index (χ1v) is 9.31. The number of nitrogens with one attached hydrogen (secondary N) is 1. The summed E-state index contributed by atoms with van der Waals surface area (Å²) in [6.07, 6.45) is 0.745. The monoisotopic (exact) mass is 351 g/mol. The van der Waals surface area contributed by atoms with Crippen LogP contribution < -0.4 is 5.32 Å². The number of carbonyl (C=O) groups is 1. The maximum Gasteiger partial charge on any atom is 0.225 e. The molecule has 4 nitrogen and oxygen atoms in total. The number of sulfone groups is 1. The molecule has 0 radical (unpaired) electrons. The SMILES string of the molecule is CCc1cccc(NC(=O)CCS(=O)(=O)c2ccccc2Cl)c1. The molecule has 2 rings (SSSR count). The molecule has 0 saturated carbocycles. The first-order chi connectivity index (χ1) is 10.9. The second-order valence-electron chi connectivity index (χ2n) is 5.10. The third-order valence-electron chi connectivity index (χ3n) is 3.39. The highest BCUT2D eigenvalue weighted by Gasteiger charge is 2.19.